The van der Waals surface area contributed by atoms with Crippen LogP contribution in [0.5, 0.6) is 17.2 Å². The van der Waals surface area contributed by atoms with Crippen LogP contribution in [-0.2, 0) is 14.8 Å². The molecule has 8 nitrogen and oxygen atoms in total. The molecule has 0 saturated heterocycles. The van der Waals surface area contributed by atoms with Gasteiger partial charge < -0.3 is 19.5 Å². The van der Waals surface area contributed by atoms with Crippen molar-refractivity contribution in [2.24, 2.45) is 0 Å². The second-order valence-electron chi connectivity index (χ2n) is 6.27. The van der Waals surface area contributed by atoms with Gasteiger partial charge in [-0.2, -0.15) is 0 Å². The number of carbonyl (C=O) groups excluding carboxylic acids is 1. The van der Waals surface area contributed by atoms with Crippen LogP contribution >= 0.6 is 11.6 Å². The molecule has 0 atom stereocenters. The fraction of sp³-hybridized carbons (Fsp3) is 0.316. The number of anilines is 1. The van der Waals surface area contributed by atoms with E-state index in [0.717, 1.165) is 0 Å². The van der Waals surface area contributed by atoms with Crippen LogP contribution in [0.25, 0.3) is 0 Å². The van der Waals surface area contributed by atoms with Gasteiger partial charge in [-0.05, 0) is 44.2 Å². The van der Waals surface area contributed by atoms with Gasteiger partial charge in [-0.3, -0.25) is 4.79 Å². The lowest BCUT2D eigenvalue weighted by molar-refractivity contribution is -0.118. The fourth-order valence-electron chi connectivity index (χ4n) is 2.39. The molecule has 2 aromatic carbocycles. The van der Waals surface area contributed by atoms with Crippen molar-refractivity contribution in [3.05, 3.63) is 41.4 Å². The number of halogens is 1. The number of hydrogen-bond donors (Lipinski definition) is 2. The Bertz CT molecular complexity index is 979. The lowest BCUT2D eigenvalue weighted by Crippen LogP contribution is -2.30. The molecule has 2 rings (SSSR count). The minimum absolute atomic E-state index is 0.00844. The highest BCUT2D eigenvalue weighted by Gasteiger charge is 2.18. The maximum atomic E-state index is 12.2. The van der Waals surface area contributed by atoms with Gasteiger partial charge in [0.25, 0.3) is 5.91 Å². The first-order chi connectivity index (χ1) is 13.7. The first-order valence-electron chi connectivity index (χ1n) is 8.63. The molecule has 10 heteroatoms. The summed E-state index contributed by atoms with van der Waals surface area (Å²) < 4.78 is 42.6. The maximum Gasteiger partial charge on any atom is 0.262 e. The second-order valence-corrected chi connectivity index (χ2v) is 8.39. The second kappa shape index (κ2) is 9.82. The highest BCUT2D eigenvalue weighted by molar-refractivity contribution is 7.89. The van der Waals surface area contributed by atoms with Gasteiger partial charge in [-0.25, -0.2) is 13.1 Å². The average molecular weight is 443 g/mol. The Balaban J connectivity index is 2.06. The lowest BCUT2D eigenvalue weighted by atomic mass is 10.2. The van der Waals surface area contributed by atoms with Crippen molar-refractivity contribution in [2.45, 2.75) is 24.8 Å². The van der Waals surface area contributed by atoms with Crippen LogP contribution in [0.15, 0.2) is 41.3 Å². The van der Waals surface area contributed by atoms with Gasteiger partial charge in [-0.1, -0.05) is 11.6 Å². The van der Waals surface area contributed by atoms with Gasteiger partial charge >= 0.3 is 0 Å². The van der Waals surface area contributed by atoms with Crippen molar-refractivity contribution < 1.29 is 27.4 Å². The Morgan fingerprint density at radius 2 is 1.76 bits per heavy atom. The molecule has 1 amide bonds. The number of ether oxygens (including phenoxy) is 3. The molecule has 0 aliphatic heterocycles. The molecule has 2 N–H and O–H groups in total. The molecule has 0 aromatic heterocycles. The largest absolute Gasteiger partial charge is 0.497 e. The SMILES string of the molecule is COc1ccc(OC)c(NC(=O)COc2ccc(S(=O)(=O)NC(C)C)cc2Cl)c1. The van der Waals surface area contributed by atoms with Gasteiger partial charge in [0.15, 0.2) is 6.61 Å². The summed E-state index contributed by atoms with van der Waals surface area (Å²) in [6, 6.07) is 8.75. The van der Waals surface area contributed by atoms with Gasteiger partial charge in [0.2, 0.25) is 10.0 Å². The van der Waals surface area contributed by atoms with Crippen LogP contribution in [0.3, 0.4) is 0 Å². The molecule has 0 radical (unpaired) electrons. The smallest absolute Gasteiger partial charge is 0.262 e. The molecule has 0 spiro atoms. The monoisotopic (exact) mass is 442 g/mol. The van der Waals surface area contributed by atoms with Crippen LogP contribution in [0, 0.1) is 0 Å². The van der Waals surface area contributed by atoms with E-state index in [2.05, 4.69) is 10.0 Å². The molecule has 0 saturated carbocycles. The summed E-state index contributed by atoms with van der Waals surface area (Å²) >= 11 is 6.12. The van der Waals surface area contributed by atoms with Crippen LogP contribution in [0.4, 0.5) is 5.69 Å². The molecule has 0 aliphatic rings. The lowest BCUT2D eigenvalue weighted by Gasteiger charge is -2.13. The Morgan fingerprint density at radius 3 is 2.34 bits per heavy atom. The van der Waals surface area contributed by atoms with Gasteiger partial charge in [-0.15, -0.1) is 0 Å². The first-order valence-corrected chi connectivity index (χ1v) is 10.5. The number of carbonyl (C=O) groups is 1. The van der Waals surface area contributed by atoms with Crippen molar-refractivity contribution in [3.63, 3.8) is 0 Å². The zero-order chi connectivity index (χ0) is 21.6. The molecule has 0 bridgehead atoms. The Morgan fingerprint density at radius 1 is 1.07 bits per heavy atom. The molecule has 0 fully saturated rings. The van der Waals surface area contributed by atoms with Crippen molar-refractivity contribution in [3.8, 4) is 17.2 Å². The van der Waals surface area contributed by atoms with Gasteiger partial charge in [0.05, 0.1) is 29.8 Å². The minimum Gasteiger partial charge on any atom is -0.497 e. The molecular weight excluding hydrogens is 420 g/mol. The summed E-state index contributed by atoms with van der Waals surface area (Å²) in [7, 11) is -0.684. The summed E-state index contributed by atoms with van der Waals surface area (Å²) in [5.41, 5.74) is 0.424. The summed E-state index contributed by atoms with van der Waals surface area (Å²) in [6.45, 7) is 3.09. The molecule has 2 aromatic rings. The maximum absolute atomic E-state index is 12.2. The number of amides is 1. The molecular formula is C19H23ClN2O6S. The fourth-order valence-corrected chi connectivity index (χ4v) is 3.96. The third-order valence-corrected chi connectivity index (χ3v) is 5.60. The third kappa shape index (κ3) is 6.25. The van der Waals surface area contributed by atoms with Gasteiger partial charge in [0, 0.05) is 12.1 Å². The van der Waals surface area contributed by atoms with E-state index in [9.17, 15) is 13.2 Å². The Hall–Kier alpha value is -2.49. The van der Waals surface area contributed by atoms with Crippen molar-refractivity contribution in [1.29, 1.82) is 0 Å². The van der Waals surface area contributed by atoms with Crippen LogP contribution < -0.4 is 24.2 Å². The highest BCUT2D eigenvalue weighted by atomic mass is 35.5. The van der Waals surface area contributed by atoms with E-state index in [1.807, 2.05) is 0 Å². The third-order valence-electron chi connectivity index (χ3n) is 3.64. The molecule has 0 aliphatic carbocycles. The van der Waals surface area contributed by atoms with E-state index in [-0.39, 0.29) is 28.3 Å². The number of sulfonamides is 1. The van der Waals surface area contributed by atoms with E-state index in [1.165, 1.54) is 32.4 Å². The number of benzene rings is 2. The molecule has 158 valence electrons. The van der Waals surface area contributed by atoms with E-state index in [0.29, 0.717) is 17.2 Å². The van der Waals surface area contributed by atoms with Crippen LogP contribution in [-0.4, -0.2) is 41.2 Å². The first kappa shape index (κ1) is 22.8. The van der Waals surface area contributed by atoms with E-state index >= 15 is 0 Å². The molecule has 0 unspecified atom stereocenters. The summed E-state index contributed by atoms with van der Waals surface area (Å²) in [5.74, 6) is 0.745. The number of rotatable bonds is 9. The predicted molar refractivity (Wildman–Crippen MR) is 111 cm³/mol. The molecule has 0 heterocycles. The zero-order valence-corrected chi connectivity index (χ0v) is 18.1. The van der Waals surface area contributed by atoms with Crippen molar-refractivity contribution in [2.75, 3.05) is 26.1 Å². The summed E-state index contributed by atoms with van der Waals surface area (Å²) in [5, 5.41) is 2.74. The number of nitrogens with one attached hydrogen (secondary N) is 2. The van der Waals surface area contributed by atoms with E-state index in [1.54, 1.807) is 32.0 Å². The molecule has 29 heavy (non-hydrogen) atoms. The summed E-state index contributed by atoms with van der Waals surface area (Å²) in [4.78, 5) is 12.2. The van der Waals surface area contributed by atoms with Crippen molar-refractivity contribution >= 4 is 33.2 Å². The van der Waals surface area contributed by atoms with E-state index in [4.69, 9.17) is 25.8 Å². The minimum atomic E-state index is -3.68. The topological polar surface area (TPSA) is 103 Å². The number of methoxy groups -OCH3 is 2. The quantitative estimate of drug-likeness (QED) is 0.618. The Labute approximate surface area is 175 Å². The van der Waals surface area contributed by atoms with Gasteiger partial charge in [0.1, 0.15) is 17.2 Å². The van der Waals surface area contributed by atoms with Crippen molar-refractivity contribution in [1.82, 2.24) is 4.72 Å². The zero-order valence-electron chi connectivity index (χ0n) is 16.5. The predicted octanol–water partition coefficient (Wildman–Crippen LogP) is 3.06. The van der Waals surface area contributed by atoms with E-state index < -0.39 is 15.9 Å². The average Bonchev–Trinajstić information content (AvgIpc) is 2.65. The summed E-state index contributed by atoms with van der Waals surface area (Å²) in [6.07, 6.45) is 0. The normalized spacial score (nSPS) is 11.2. The van der Waals surface area contributed by atoms with Crippen LogP contribution in [0.1, 0.15) is 13.8 Å². The number of hydrogen-bond acceptors (Lipinski definition) is 6. The standard InChI is InChI=1S/C19H23ClN2O6S/c1-12(2)22-29(24,25)14-6-8-17(15(20)10-14)28-11-19(23)21-16-9-13(26-3)5-7-18(16)27-4/h5-10,12,22H,11H2,1-4H3,(H,21,23). The Kier molecular flexibility index (Phi) is 7.72. The van der Waals surface area contributed by atoms with Crippen LogP contribution in [0.2, 0.25) is 5.02 Å². The highest BCUT2D eigenvalue weighted by Crippen LogP contribution is 2.30.